The van der Waals surface area contributed by atoms with Crippen molar-refractivity contribution in [3.8, 4) is 11.5 Å². The summed E-state index contributed by atoms with van der Waals surface area (Å²) in [6, 6.07) is 18.7. The van der Waals surface area contributed by atoms with Crippen molar-refractivity contribution in [2.75, 3.05) is 26.7 Å². The lowest BCUT2D eigenvalue weighted by Gasteiger charge is -2.22. The van der Waals surface area contributed by atoms with E-state index in [1.54, 1.807) is 36.4 Å². The molecular formula is C29H33N3O5S. The Morgan fingerprint density at radius 2 is 1.82 bits per heavy atom. The monoisotopic (exact) mass is 535 g/mol. The normalized spacial score (nSPS) is 22.4. The molecule has 1 aromatic heterocycles. The Balaban J connectivity index is 1.25. The predicted octanol–water partition coefficient (Wildman–Crippen LogP) is 4.41. The highest BCUT2D eigenvalue weighted by atomic mass is 32.2. The van der Waals surface area contributed by atoms with Crippen molar-refractivity contribution < 1.29 is 22.7 Å². The lowest BCUT2D eigenvalue weighted by Crippen LogP contribution is -2.32. The van der Waals surface area contributed by atoms with E-state index in [2.05, 4.69) is 4.98 Å². The first-order chi connectivity index (χ1) is 18.4. The van der Waals surface area contributed by atoms with Gasteiger partial charge >= 0.3 is 0 Å². The average Bonchev–Trinajstić information content (AvgIpc) is 3.58. The van der Waals surface area contributed by atoms with Crippen LogP contribution in [0.25, 0.3) is 0 Å². The molecule has 2 saturated heterocycles. The Kier molecular flexibility index (Phi) is 8.06. The van der Waals surface area contributed by atoms with Crippen molar-refractivity contribution in [2.24, 2.45) is 0 Å². The maximum absolute atomic E-state index is 13.3. The Morgan fingerprint density at radius 3 is 2.61 bits per heavy atom. The van der Waals surface area contributed by atoms with Gasteiger partial charge in [0, 0.05) is 31.5 Å². The van der Waals surface area contributed by atoms with Gasteiger partial charge in [-0.05, 0) is 62.6 Å². The summed E-state index contributed by atoms with van der Waals surface area (Å²) in [5.74, 6) is 0.984. The van der Waals surface area contributed by atoms with Crippen molar-refractivity contribution in [3.05, 3.63) is 89.2 Å². The molecule has 4 atom stereocenters. The Morgan fingerprint density at radius 1 is 1.00 bits per heavy atom. The molecule has 2 fully saturated rings. The van der Waals surface area contributed by atoms with E-state index >= 15 is 0 Å². The zero-order valence-corrected chi connectivity index (χ0v) is 22.7. The van der Waals surface area contributed by atoms with Crippen LogP contribution in [0.2, 0.25) is 0 Å². The lowest BCUT2D eigenvalue weighted by molar-refractivity contribution is 0.0339. The van der Waals surface area contributed by atoms with Gasteiger partial charge in [-0.25, -0.2) is 0 Å². The third-order valence-corrected chi connectivity index (χ3v) is 8.27. The first-order valence-corrected chi connectivity index (χ1v) is 13.9. The summed E-state index contributed by atoms with van der Waals surface area (Å²) >= 11 is -1.67. The summed E-state index contributed by atoms with van der Waals surface area (Å²) in [5, 5.41) is 0. The van der Waals surface area contributed by atoms with E-state index in [0.29, 0.717) is 36.7 Å². The van der Waals surface area contributed by atoms with E-state index in [1.165, 1.54) is 0 Å². The van der Waals surface area contributed by atoms with Crippen LogP contribution in [-0.4, -0.2) is 63.3 Å². The molecule has 2 aromatic carbocycles. The van der Waals surface area contributed by atoms with Gasteiger partial charge in [0.1, 0.15) is 23.7 Å². The van der Waals surface area contributed by atoms with Crippen molar-refractivity contribution in [1.82, 2.24) is 14.2 Å². The van der Waals surface area contributed by atoms with Crippen molar-refractivity contribution >= 4 is 17.2 Å². The van der Waals surface area contributed by atoms with Crippen LogP contribution >= 0.6 is 0 Å². The van der Waals surface area contributed by atoms with Crippen LogP contribution in [0.5, 0.6) is 11.5 Å². The number of pyridine rings is 1. The van der Waals surface area contributed by atoms with Crippen molar-refractivity contribution in [2.45, 2.75) is 44.9 Å². The molecule has 1 amide bonds. The highest BCUT2D eigenvalue weighted by molar-refractivity contribution is 7.78. The van der Waals surface area contributed by atoms with E-state index < -0.39 is 11.3 Å². The minimum atomic E-state index is -1.67. The smallest absolute Gasteiger partial charge is 0.291 e. The number of ether oxygens (including phenoxy) is 2. The first-order valence-electron chi connectivity index (χ1n) is 12.9. The number of aryl methyl sites for hydroxylation is 2. The number of likely N-dealkylation sites (tertiary alicyclic amines) is 1. The molecule has 200 valence electrons. The van der Waals surface area contributed by atoms with Crippen LogP contribution in [0.1, 0.15) is 46.1 Å². The third-order valence-electron chi connectivity index (χ3n) is 7.11. The number of aromatic nitrogens is 1. The SMILES string of the molecule is COC1CN(C(=O)c2cc(C)ccc2C)CC1Oc1cccc(OS(=O)N2CCCC2c2ccccn2)c1. The largest absolute Gasteiger partial charge is 0.486 e. The van der Waals surface area contributed by atoms with Gasteiger partial charge in [-0.15, -0.1) is 0 Å². The molecule has 0 radical (unpaired) electrons. The molecule has 0 aliphatic carbocycles. The van der Waals surface area contributed by atoms with E-state index in [9.17, 15) is 9.00 Å². The molecule has 9 heteroatoms. The van der Waals surface area contributed by atoms with E-state index in [0.717, 1.165) is 29.7 Å². The minimum absolute atomic E-state index is 0.0279. The molecule has 4 unspecified atom stereocenters. The number of hydrogen-bond donors (Lipinski definition) is 0. The highest BCUT2D eigenvalue weighted by Gasteiger charge is 2.38. The quantitative estimate of drug-likeness (QED) is 0.425. The molecule has 38 heavy (non-hydrogen) atoms. The zero-order valence-electron chi connectivity index (χ0n) is 21.9. The molecule has 8 nitrogen and oxygen atoms in total. The first kappa shape index (κ1) is 26.3. The highest BCUT2D eigenvalue weighted by Crippen LogP contribution is 2.33. The molecule has 3 heterocycles. The number of nitrogens with zero attached hydrogens (tertiary/aromatic N) is 3. The summed E-state index contributed by atoms with van der Waals surface area (Å²) in [5.41, 5.74) is 3.58. The number of amides is 1. The van der Waals surface area contributed by atoms with Gasteiger partial charge in [0.15, 0.2) is 0 Å². The van der Waals surface area contributed by atoms with E-state index in [4.69, 9.17) is 13.7 Å². The minimum Gasteiger partial charge on any atom is -0.486 e. The molecule has 5 rings (SSSR count). The second-order valence-electron chi connectivity index (χ2n) is 9.79. The van der Waals surface area contributed by atoms with E-state index in [1.807, 2.05) is 60.6 Å². The summed E-state index contributed by atoms with van der Waals surface area (Å²) in [4.78, 5) is 19.5. The Bertz CT molecular complexity index is 1300. The maximum Gasteiger partial charge on any atom is 0.291 e. The fraction of sp³-hybridized carbons (Fsp3) is 0.379. The Labute approximate surface area is 226 Å². The Hall–Kier alpha value is -3.27. The summed E-state index contributed by atoms with van der Waals surface area (Å²) in [6.07, 6.45) is 2.95. The summed E-state index contributed by atoms with van der Waals surface area (Å²) < 4.78 is 32.8. The average molecular weight is 536 g/mol. The topological polar surface area (TPSA) is 81.2 Å². The van der Waals surface area contributed by atoms with E-state index in [-0.39, 0.29) is 24.2 Å². The molecular weight excluding hydrogens is 502 g/mol. The van der Waals surface area contributed by atoms with Gasteiger partial charge in [-0.2, -0.15) is 8.51 Å². The second-order valence-corrected chi connectivity index (χ2v) is 10.9. The van der Waals surface area contributed by atoms with Gasteiger partial charge < -0.3 is 18.6 Å². The molecule has 2 aliphatic heterocycles. The van der Waals surface area contributed by atoms with Crippen LogP contribution in [0, 0.1) is 13.8 Å². The second kappa shape index (κ2) is 11.6. The van der Waals surface area contributed by atoms with Gasteiger partial charge in [-0.3, -0.25) is 9.78 Å². The molecule has 0 saturated carbocycles. The zero-order chi connectivity index (χ0) is 26.6. The summed E-state index contributed by atoms with van der Waals surface area (Å²) in [6.45, 7) is 5.44. The number of rotatable bonds is 8. The molecule has 0 N–H and O–H groups in total. The number of hydrogen-bond acceptors (Lipinski definition) is 6. The molecule has 0 spiro atoms. The van der Waals surface area contributed by atoms with Crippen LogP contribution in [0.4, 0.5) is 0 Å². The van der Waals surface area contributed by atoms with Crippen molar-refractivity contribution in [1.29, 1.82) is 0 Å². The van der Waals surface area contributed by atoms with Crippen LogP contribution in [0.3, 0.4) is 0 Å². The predicted molar refractivity (Wildman–Crippen MR) is 145 cm³/mol. The van der Waals surface area contributed by atoms with Crippen LogP contribution < -0.4 is 8.92 Å². The van der Waals surface area contributed by atoms with Crippen LogP contribution in [0.15, 0.2) is 66.9 Å². The molecule has 3 aromatic rings. The summed E-state index contributed by atoms with van der Waals surface area (Å²) in [7, 11) is 1.63. The number of methoxy groups -OCH3 is 1. The third kappa shape index (κ3) is 5.75. The fourth-order valence-electron chi connectivity index (χ4n) is 5.08. The molecule has 0 bridgehead atoms. The van der Waals surface area contributed by atoms with Crippen LogP contribution in [-0.2, 0) is 16.0 Å². The standard InChI is InChI=1S/C29H33N3O5S/c1-20-12-13-21(2)24(16-20)29(33)31-18-27(35-3)28(19-31)36-22-8-6-9-23(17-22)37-38(34)32-15-7-11-26(32)25-10-4-5-14-30-25/h4-6,8-10,12-14,16-17,26-28H,7,11,15,18-19H2,1-3H3. The van der Waals surface area contributed by atoms with Crippen molar-refractivity contribution in [3.63, 3.8) is 0 Å². The number of benzene rings is 2. The van der Waals surface area contributed by atoms with Gasteiger partial charge in [0.2, 0.25) is 0 Å². The van der Waals surface area contributed by atoms with Gasteiger partial charge in [0.25, 0.3) is 17.2 Å². The molecule has 2 aliphatic rings. The van der Waals surface area contributed by atoms with Gasteiger partial charge in [-0.1, -0.05) is 29.8 Å². The lowest BCUT2D eigenvalue weighted by atomic mass is 10.0. The van der Waals surface area contributed by atoms with Gasteiger partial charge in [0.05, 0.1) is 24.8 Å². The number of carbonyl (C=O) groups is 1. The fourth-order valence-corrected chi connectivity index (χ4v) is 6.14. The number of carbonyl (C=O) groups excluding carboxylic acids is 1. The maximum atomic E-state index is 13.3.